The van der Waals surface area contributed by atoms with Gasteiger partial charge in [-0.1, -0.05) is 30.3 Å². The van der Waals surface area contributed by atoms with Gasteiger partial charge in [-0.15, -0.1) is 0 Å². The van der Waals surface area contributed by atoms with Crippen molar-refractivity contribution in [1.82, 2.24) is 24.5 Å². The maximum atomic E-state index is 13.5. The number of imidazole rings is 1. The van der Waals surface area contributed by atoms with E-state index in [2.05, 4.69) is 51.7 Å². The summed E-state index contributed by atoms with van der Waals surface area (Å²) in [5.41, 5.74) is 4.61. The molecule has 3 aromatic rings. The number of pyridine rings is 1. The fraction of sp³-hybridized carbons (Fsp3) is 0.417. The summed E-state index contributed by atoms with van der Waals surface area (Å²) >= 11 is 0. The van der Waals surface area contributed by atoms with E-state index in [0.717, 1.165) is 30.7 Å². The zero-order valence-corrected chi connectivity index (χ0v) is 17.1. The lowest BCUT2D eigenvalue weighted by Gasteiger charge is -2.46. The molecule has 6 nitrogen and oxygen atoms in total. The van der Waals surface area contributed by atoms with Crippen LogP contribution in [0.2, 0.25) is 0 Å². The lowest BCUT2D eigenvalue weighted by molar-refractivity contribution is 0.0715. The van der Waals surface area contributed by atoms with Crippen LogP contribution in [0.4, 0.5) is 4.79 Å². The quantitative estimate of drug-likeness (QED) is 0.718. The van der Waals surface area contributed by atoms with Crippen molar-refractivity contribution in [2.45, 2.75) is 31.3 Å². The van der Waals surface area contributed by atoms with Gasteiger partial charge < -0.3 is 19.5 Å². The van der Waals surface area contributed by atoms with Gasteiger partial charge in [0.1, 0.15) is 5.65 Å². The third kappa shape index (κ3) is 2.98. The number of nitrogens with zero attached hydrogens (tertiary/aromatic N) is 4. The van der Waals surface area contributed by atoms with Gasteiger partial charge in [-0.05, 0) is 61.0 Å². The Kier molecular flexibility index (Phi) is 4.27. The van der Waals surface area contributed by atoms with Crippen molar-refractivity contribution in [2.75, 3.05) is 26.2 Å². The number of hydrogen-bond donors (Lipinski definition) is 1. The van der Waals surface area contributed by atoms with Crippen LogP contribution in [-0.2, 0) is 6.42 Å². The zero-order chi connectivity index (χ0) is 20.1. The smallest absolute Gasteiger partial charge is 0.318 e. The summed E-state index contributed by atoms with van der Waals surface area (Å²) in [5, 5.41) is 3.41. The Bertz CT molecular complexity index is 1080. The molecule has 4 aliphatic heterocycles. The average molecular weight is 402 g/mol. The molecule has 1 N–H and O–H groups in total. The van der Waals surface area contributed by atoms with Gasteiger partial charge in [0.15, 0.2) is 0 Å². The molecule has 2 aromatic heterocycles. The normalized spacial score (nSPS) is 27.8. The molecule has 2 bridgehead atoms. The molecule has 4 aliphatic rings. The van der Waals surface area contributed by atoms with E-state index < -0.39 is 0 Å². The molecule has 1 aromatic carbocycles. The van der Waals surface area contributed by atoms with Gasteiger partial charge in [0.05, 0.1) is 6.04 Å². The number of nitrogens with one attached hydrogen (secondary N) is 1. The van der Waals surface area contributed by atoms with Crippen LogP contribution in [0.5, 0.6) is 0 Å². The number of rotatable bonds is 2. The molecule has 0 spiro atoms. The summed E-state index contributed by atoms with van der Waals surface area (Å²) in [5.74, 6) is 0.622. The fourth-order valence-electron chi connectivity index (χ4n) is 5.61. The SMILES string of the molecule is O=C(N[C@@H]1CN2CCC1CC2)N1CCc2ccccc2[C@@H]1c1ccc2nccn2c1. The number of piperidine rings is 3. The molecule has 154 valence electrons. The van der Waals surface area contributed by atoms with Crippen molar-refractivity contribution in [1.29, 1.82) is 0 Å². The Balaban J connectivity index is 1.34. The standard InChI is InChI=1S/C24H27N5O/c30-24(26-21-16-27-11-7-18(21)8-12-27)29-13-9-17-3-1-2-4-20(17)23(29)19-5-6-22-25-10-14-28(22)15-19/h1-6,10,14-15,18,21,23H,7-9,11-13,16H2,(H,26,30)/t21-,23+/m1/s1. The van der Waals surface area contributed by atoms with Crippen LogP contribution in [-0.4, -0.2) is 57.4 Å². The van der Waals surface area contributed by atoms with E-state index >= 15 is 0 Å². The first-order valence-corrected chi connectivity index (χ1v) is 11.1. The molecule has 0 aliphatic carbocycles. The molecular weight excluding hydrogens is 374 g/mol. The average Bonchev–Trinajstić information content (AvgIpc) is 3.27. The largest absolute Gasteiger partial charge is 0.334 e. The Morgan fingerprint density at radius 1 is 1.07 bits per heavy atom. The first-order chi connectivity index (χ1) is 14.8. The number of carbonyl (C=O) groups is 1. The number of carbonyl (C=O) groups excluding carboxylic acids is 1. The lowest BCUT2D eigenvalue weighted by Crippen LogP contribution is -2.59. The number of hydrogen-bond acceptors (Lipinski definition) is 3. The van der Waals surface area contributed by atoms with E-state index in [9.17, 15) is 4.79 Å². The highest BCUT2D eigenvalue weighted by atomic mass is 16.2. The molecule has 2 atom stereocenters. The van der Waals surface area contributed by atoms with Crippen LogP contribution < -0.4 is 5.32 Å². The number of aromatic nitrogens is 2. The van der Waals surface area contributed by atoms with Crippen molar-refractivity contribution in [3.63, 3.8) is 0 Å². The number of amides is 2. The van der Waals surface area contributed by atoms with Gasteiger partial charge in [-0.3, -0.25) is 0 Å². The minimum atomic E-state index is -0.0807. The van der Waals surface area contributed by atoms with Gasteiger partial charge in [-0.25, -0.2) is 9.78 Å². The van der Waals surface area contributed by atoms with Crippen molar-refractivity contribution in [3.05, 3.63) is 71.7 Å². The summed E-state index contributed by atoms with van der Waals surface area (Å²) in [6.07, 6.45) is 9.19. The maximum absolute atomic E-state index is 13.5. The Labute approximate surface area is 176 Å². The lowest BCUT2D eigenvalue weighted by atomic mass is 9.84. The van der Waals surface area contributed by atoms with E-state index in [1.165, 1.54) is 37.1 Å². The maximum Gasteiger partial charge on any atom is 0.318 e. The van der Waals surface area contributed by atoms with Crippen molar-refractivity contribution >= 4 is 11.7 Å². The van der Waals surface area contributed by atoms with E-state index in [1.54, 1.807) is 0 Å². The van der Waals surface area contributed by atoms with E-state index in [4.69, 9.17) is 0 Å². The second kappa shape index (κ2) is 7.13. The van der Waals surface area contributed by atoms with Gasteiger partial charge in [0.25, 0.3) is 0 Å². The van der Waals surface area contributed by atoms with E-state index in [-0.39, 0.29) is 18.1 Å². The minimum Gasteiger partial charge on any atom is -0.334 e. The molecule has 0 saturated carbocycles. The van der Waals surface area contributed by atoms with Crippen molar-refractivity contribution in [3.8, 4) is 0 Å². The highest BCUT2D eigenvalue weighted by molar-refractivity contribution is 5.76. The molecule has 6 heteroatoms. The van der Waals surface area contributed by atoms with Gasteiger partial charge in [0, 0.05) is 37.7 Å². The van der Waals surface area contributed by atoms with Gasteiger partial charge in [0.2, 0.25) is 0 Å². The molecule has 7 rings (SSSR count). The Morgan fingerprint density at radius 2 is 1.93 bits per heavy atom. The zero-order valence-electron chi connectivity index (χ0n) is 17.1. The van der Waals surface area contributed by atoms with Crippen molar-refractivity contribution in [2.24, 2.45) is 5.92 Å². The molecule has 0 unspecified atom stereocenters. The summed E-state index contributed by atoms with van der Waals surface area (Å²) in [7, 11) is 0. The molecule has 0 radical (unpaired) electrons. The topological polar surface area (TPSA) is 52.9 Å². The van der Waals surface area contributed by atoms with Crippen molar-refractivity contribution < 1.29 is 4.79 Å². The molecule has 30 heavy (non-hydrogen) atoms. The predicted molar refractivity (Wildman–Crippen MR) is 115 cm³/mol. The van der Waals surface area contributed by atoms with Gasteiger partial charge in [-0.2, -0.15) is 0 Å². The van der Waals surface area contributed by atoms with Crippen LogP contribution in [0.25, 0.3) is 5.65 Å². The monoisotopic (exact) mass is 401 g/mol. The van der Waals surface area contributed by atoms with Crippen LogP contribution in [0, 0.1) is 5.92 Å². The van der Waals surface area contributed by atoms with Crippen LogP contribution in [0.15, 0.2) is 55.0 Å². The van der Waals surface area contributed by atoms with E-state index in [1.807, 2.05) is 27.8 Å². The third-order valence-electron chi connectivity index (χ3n) is 7.24. The highest BCUT2D eigenvalue weighted by Crippen LogP contribution is 2.36. The van der Waals surface area contributed by atoms with Gasteiger partial charge >= 0.3 is 6.03 Å². The number of benzene rings is 1. The summed E-state index contributed by atoms with van der Waals surface area (Å²) in [4.78, 5) is 22.4. The Hall–Kier alpha value is -2.86. The fourth-order valence-corrected chi connectivity index (χ4v) is 5.61. The molecule has 6 heterocycles. The molecule has 3 fully saturated rings. The van der Waals surface area contributed by atoms with Crippen LogP contribution in [0.1, 0.15) is 35.6 Å². The second-order valence-electron chi connectivity index (χ2n) is 8.89. The number of urea groups is 1. The second-order valence-corrected chi connectivity index (χ2v) is 8.89. The summed E-state index contributed by atoms with van der Waals surface area (Å²) < 4.78 is 2.04. The highest BCUT2D eigenvalue weighted by Gasteiger charge is 2.38. The molecular formula is C24H27N5O. The predicted octanol–water partition coefficient (Wildman–Crippen LogP) is 3.09. The summed E-state index contributed by atoms with van der Waals surface area (Å²) in [6, 6.07) is 13.0. The summed E-state index contributed by atoms with van der Waals surface area (Å²) in [6.45, 7) is 4.09. The molecule has 3 saturated heterocycles. The Morgan fingerprint density at radius 3 is 2.77 bits per heavy atom. The van der Waals surface area contributed by atoms with Crippen LogP contribution in [0.3, 0.4) is 0 Å². The van der Waals surface area contributed by atoms with E-state index in [0.29, 0.717) is 5.92 Å². The van der Waals surface area contributed by atoms with Crippen LogP contribution >= 0.6 is 0 Å². The minimum absolute atomic E-state index is 0.0685. The third-order valence-corrected chi connectivity index (χ3v) is 7.24. The first kappa shape index (κ1) is 18.0. The number of fused-ring (bicyclic) bond motifs is 5. The molecule has 2 amide bonds. The first-order valence-electron chi connectivity index (χ1n) is 11.1.